The molecule has 0 aromatic rings. The van der Waals surface area contributed by atoms with Gasteiger partial charge in [0.05, 0.1) is 5.60 Å². The molecule has 2 nitrogen and oxygen atoms in total. The zero-order chi connectivity index (χ0) is 8.20. The maximum atomic E-state index is 9.53. The molecule has 0 bridgehead atoms. The lowest BCUT2D eigenvalue weighted by atomic mass is 9.87. The van der Waals surface area contributed by atoms with Crippen LogP contribution in [-0.2, 0) is 0 Å². The molecule has 0 aliphatic heterocycles. The molecule has 0 saturated carbocycles. The van der Waals surface area contributed by atoms with Crippen molar-refractivity contribution in [3.8, 4) is 0 Å². The monoisotopic (exact) mass is 145 g/mol. The highest BCUT2D eigenvalue weighted by atomic mass is 16.3. The van der Waals surface area contributed by atoms with Crippen molar-refractivity contribution in [2.24, 2.45) is 11.7 Å². The highest BCUT2D eigenvalue weighted by molar-refractivity contribution is 4.77. The SMILES string of the molecule is CCCC(CN)C(C)(C)O. The predicted molar refractivity (Wildman–Crippen MR) is 43.8 cm³/mol. The molecule has 2 heteroatoms. The average molecular weight is 145 g/mol. The lowest BCUT2D eigenvalue weighted by molar-refractivity contribution is 0.0168. The summed E-state index contributed by atoms with van der Waals surface area (Å²) in [5.74, 6) is 0.248. The molecule has 62 valence electrons. The van der Waals surface area contributed by atoms with Crippen LogP contribution in [0.5, 0.6) is 0 Å². The van der Waals surface area contributed by atoms with Crippen LogP contribution in [0.15, 0.2) is 0 Å². The third kappa shape index (κ3) is 3.18. The van der Waals surface area contributed by atoms with Crippen LogP contribution in [0.3, 0.4) is 0 Å². The molecule has 0 heterocycles. The van der Waals surface area contributed by atoms with Gasteiger partial charge in [-0.3, -0.25) is 0 Å². The molecule has 0 amide bonds. The number of nitrogens with two attached hydrogens (primary N) is 1. The molecule has 1 atom stereocenters. The third-order valence-corrected chi connectivity index (χ3v) is 1.92. The molecule has 10 heavy (non-hydrogen) atoms. The summed E-state index contributed by atoms with van der Waals surface area (Å²) in [6.07, 6.45) is 2.10. The van der Waals surface area contributed by atoms with Gasteiger partial charge in [0.1, 0.15) is 0 Å². The molecule has 0 aliphatic rings. The fourth-order valence-corrected chi connectivity index (χ4v) is 1.11. The second kappa shape index (κ2) is 3.94. The van der Waals surface area contributed by atoms with Crippen LogP contribution in [-0.4, -0.2) is 17.3 Å². The first kappa shape index (κ1) is 9.92. The average Bonchev–Trinajstić information content (AvgIpc) is 1.80. The van der Waals surface area contributed by atoms with E-state index in [1.54, 1.807) is 0 Å². The molecule has 0 spiro atoms. The Morgan fingerprint density at radius 3 is 2.10 bits per heavy atom. The van der Waals surface area contributed by atoms with Gasteiger partial charge >= 0.3 is 0 Å². The predicted octanol–water partition coefficient (Wildman–Crippen LogP) is 1.13. The summed E-state index contributed by atoms with van der Waals surface area (Å²) in [5.41, 5.74) is 4.88. The normalized spacial score (nSPS) is 15.3. The minimum atomic E-state index is -0.606. The minimum absolute atomic E-state index is 0.248. The fraction of sp³-hybridized carbons (Fsp3) is 1.00. The quantitative estimate of drug-likeness (QED) is 0.623. The van der Waals surface area contributed by atoms with Crippen molar-refractivity contribution in [3.05, 3.63) is 0 Å². The molecule has 0 fully saturated rings. The molecule has 3 N–H and O–H groups in total. The van der Waals surface area contributed by atoms with E-state index >= 15 is 0 Å². The first-order valence-electron chi connectivity index (χ1n) is 3.94. The van der Waals surface area contributed by atoms with E-state index in [2.05, 4.69) is 6.92 Å². The van der Waals surface area contributed by atoms with Crippen LogP contribution < -0.4 is 5.73 Å². The summed E-state index contributed by atoms with van der Waals surface area (Å²) in [4.78, 5) is 0. The Morgan fingerprint density at radius 1 is 1.50 bits per heavy atom. The number of aliphatic hydroxyl groups is 1. The molecule has 0 aromatic heterocycles. The lowest BCUT2D eigenvalue weighted by Crippen LogP contribution is -2.36. The van der Waals surface area contributed by atoms with E-state index in [9.17, 15) is 5.11 Å². The summed E-state index contributed by atoms with van der Waals surface area (Å²) in [6.45, 7) is 6.33. The second-order valence-electron chi connectivity index (χ2n) is 3.37. The van der Waals surface area contributed by atoms with Crippen molar-refractivity contribution in [2.45, 2.75) is 39.2 Å². The van der Waals surface area contributed by atoms with Gasteiger partial charge in [-0.05, 0) is 32.7 Å². The first-order valence-corrected chi connectivity index (χ1v) is 3.94. The zero-order valence-electron chi connectivity index (χ0n) is 7.22. The summed E-state index contributed by atoms with van der Waals surface area (Å²) in [5, 5.41) is 9.53. The number of rotatable bonds is 4. The third-order valence-electron chi connectivity index (χ3n) is 1.92. The molecular formula is C8H19NO. The number of hydrogen-bond donors (Lipinski definition) is 2. The summed E-state index contributed by atoms with van der Waals surface area (Å²) in [6, 6.07) is 0. The van der Waals surface area contributed by atoms with Crippen LogP contribution in [0, 0.1) is 5.92 Å². The Labute approximate surface area is 63.4 Å². The van der Waals surface area contributed by atoms with Gasteiger partial charge in [-0.1, -0.05) is 13.3 Å². The Bertz CT molecular complexity index is 85.7. The van der Waals surface area contributed by atoms with Crippen LogP contribution >= 0.6 is 0 Å². The van der Waals surface area contributed by atoms with Gasteiger partial charge in [0.15, 0.2) is 0 Å². The molecular weight excluding hydrogens is 126 g/mol. The highest BCUT2D eigenvalue weighted by Crippen LogP contribution is 2.19. The van der Waals surface area contributed by atoms with E-state index in [1.165, 1.54) is 0 Å². The maximum absolute atomic E-state index is 9.53. The minimum Gasteiger partial charge on any atom is -0.390 e. The van der Waals surface area contributed by atoms with Crippen molar-refractivity contribution < 1.29 is 5.11 Å². The summed E-state index contributed by atoms with van der Waals surface area (Å²) < 4.78 is 0. The van der Waals surface area contributed by atoms with Gasteiger partial charge < -0.3 is 10.8 Å². The van der Waals surface area contributed by atoms with E-state index in [-0.39, 0.29) is 5.92 Å². The Morgan fingerprint density at radius 2 is 2.00 bits per heavy atom. The zero-order valence-corrected chi connectivity index (χ0v) is 7.22. The van der Waals surface area contributed by atoms with E-state index in [0.717, 1.165) is 12.8 Å². The van der Waals surface area contributed by atoms with E-state index < -0.39 is 5.60 Å². The lowest BCUT2D eigenvalue weighted by Gasteiger charge is -2.27. The molecule has 0 aliphatic carbocycles. The topological polar surface area (TPSA) is 46.2 Å². The molecule has 0 rings (SSSR count). The van der Waals surface area contributed by atoms with Gasteiger partial charge in [0.25, 0.3) is 0 Å². The van der Waals surface area contributed by atoms with Gasteiger partial charge in [-0.2, -0.15) is 0 Å². The fourth-order valence-electron chi connectivity index (χ4n) is 1.11. The Hall–Kier alpha value is -0.0800. The van der Waals surface area contributed by atoms with Crippen LogP contribution in [0.4, 0.5) is 0 Å². The maximum Gasteiger partial charge on any atom is 0.0631 e. The van der Waals surface area contributed by atoms with Gasteiger partial charge in [-0.25, -0.2) is 0 Å². The van der Waals surface area contributed by atoms with Gasteiger partial charge in [-0.15, -0.1) is 0 Å². The standard InChI is InChI=1S/C8H19NO/c1-4-5-7(6-9)8(2,3)10/h7,10H,4-6,9H2,1-3H3. The first-order chi connectivity index (χ1) is 4.52. The van der Waals surface area contributed by atoms with Gasteiger partial charge in [0, 0.05) is 0 Å². The summed E-state index contributed by atoms with van der Waals surface area (Å²) in [7, 11) is 0. The summed E-state index contributed by atoms with van der Waals surface area (Å²) >= 11 is 0. The van der Waals surface area contributed by atoms with Crippen molar-refractivity contribution in [3.63, 3.8) is 0 Å². The van der Waals surface area contributed by atoms with Crippen molar-refractivity contribution >= 4 is 0 Å². The molecule has 1 unspecified atom stereocenters. The van der Waals surface area contributed by atoms with Crippen LogP contribution in [0.2, 0.25) is 0 Å². The smallest absolute Gasteiger partial charge is 0.0631 e. The second-order valence-corrected chi connectivity index (χ2v) is 3.37. The Kier molecular flexibility index (Phi) is 3.91. The van der Waals surface area contributed by atoms with Crippen LogP contribution in [0.25, 0.3) is 0 Å². The largest absolute Gasteiger partial charge is 0.390 e. The van der Waals surface area contributed by atoms with Crippen molar-refractivity contribution in [1.82, 2.24) is 0 Å². The van der Waals surface area contributed by atoms with E-state index in [4.69, 9.17) is 5.73 Å². The van der Waals surface area contributed by atoms with E-state index in [0.29, 0.717) is 6.54 Å². The highest BCUT2D eigenvalue weighted by Gasteiger charge is 2.23. The van der Waals surface area contributed by atoms with Gasteiger partial charge in [0.2, 0.25) is 0 Å². The van der Waals surface area contributed by atoms with Crippen LogP contribution in [0.1, 0.15) is 33.6 Å². The Balaban J connectivity index is 3.81. The number of hydrogen-bond acceptors (Lipinski definition) is 2. The van der Waals surface area contributed by atoms with Crippen molar-refractivity contribution in [1.29, 1.82) is 0 Å². The van der Waals surface area contributed by atoms with E-state index in [1.807, 2.05) is 13.8 Å². The van der Waals surface area contributed by atoms with Crippen molar-refractivity contribution in [2.75, 3.05) is 6.54 Å². The molecule has 0 saturated heterocycles. The molecule has 0 aromatic carbocycles. The molecule has 0 radical (unpaired) electrons.